The first kappa shape index (κ1) is 10.2. The average molecular weight is 216 g/mol. The molecule has 16 heavy (non-hydrogen) atoms. The van der Waals surface area contributed by atoms with Crippen molar-refractivity contribution in [2.45, 2.75) is 0 Å². The van der Waals surface area contributed by atoms with Gasteiger partial charge in [0.25, 0.3) is 0 Å². The topological polar surface area (TPSA) is 36.7 Å². The maximum Gasteiger partial charge on any atom is 0.142 e. The van der Waals surface area contributed by atoms with Crippen LogP contribution in [0.2, 0.25) is 0 Å². The highest BCUT2D eigenvalue weighted by Crippen LogP contribution is 2.23. The van der Waals surface area contributed by atoms with E-state index in [4.69, 9.17) is 5.26 Å². The van der Waals surface area contributed by atoms with Gasteiger partial charge in [-0.25, -0.2) is 8.78 Å². The van der Waals surface area contributed by atoms with E-state index in [1.54, 1.807) is 0 Å². The molecule has 1 aromatic carbocycles. The van der Waals surface area contributed by atoms with Crippen LogP contribution >= 0.6 is 0 Å². The first-order valence-corrected chi connectivity index (χ1v) is 4.51. The van der Waals surface area contributed by atoms with Gasteiger partial charge in [-0.1, -0.05) is 6.07 Å². The summed E-state index contributed by atoms with van der Waals surface area (Å²) in [5, 5.41) is 8.58. The molecule has 0 bridgehead atoms. The predicted molar refractivity (Wildman–Crippen MR) is 54.3 cm³/mol. The number of halogens is 2. The summed E-state index contributed by atoms with van der Waals surface area (Å²) in [5.74, 6) is -1.09. The highest BCUT2D eigenvalue weighted by Gasteiger charge is 2.07. The van der Waals surface area contributed by atoms with Gasteiger partial charge in [0.1, 0.15) is 11.6 Å². The molecule has 1 heterocycles. The van der Waals surface area contributed by atoms with Crippen molar-refractivity contribution >= 4 is 0 Å². The molecule has 0 aliphatic rings. The van der Waals surface area contributed by atoms with Gasteiger partial charge in [0.2, 0.25) is 0 Å². The van der Waals surface area contributed by atoms with E-state index in [9.17, 15) is 8.78 Å². The molecule has 0 saturated heterocycles. The smallest absolute Gasteiger partial charge is 0.142 e. The van der Waals surface area contributed by atoms with E-state index >= 15 is 0 Å². The molecular weight excluding hydrogens is 210 g/mol. The number of nitriles is 1. The Kier molecular flexibility index (Phi) is 2.61. The first-order chi connectivity index (χ1) is 7.70. The van der Waals surface area contributed by atoms with E-state index in [2.05, 4.69) is 4.98 Å². The van der Waals surface area contributed by atoms with Crippen LogP contribution in [0.1, 0.15) is 5.56 Å². The average Bonchev–Trinajstić information content (AvgIpc) is 2.28. The molecule has 0 spiro atoms. The van der Waals surface area contributed by atoms with Crippen molar-refractivity contribution < 1.29 is 8.78 Å². The Morgan fingerprint density at radius 1 is 1.12 bits per heavy atom. The van der Waals surface area contributed by atoms with E-state index in [-0.39, 0.29) is 11.1 Å². The zero-order valence-electron chi connectivity index (χ0n) is 8.11. The van der Waals surface area contributed by atoms with Crippen molar-refractivity contribution in [3.63, 3.8) is 0 Å². The lowest BCUT2D eigenvalue weighted by molar-refractivity contribution is 0.619. The molecule has 2 nitrogen and oxygen atoms in total. The van der Waals surface area contributed by atoms with Crippen LogP contribution in [0.4, 0.5) is 8.78 Å². The van der Waals surface area contributed by atoms with Crippen LogP contribution in [0.25, 0.3) is 11.1 Å². The molecule has 0 aliphatic heterocycles. The largest absolute Gasteiger partial charge is 0.261 e. The van der Waals surface area contributed by atoms with Crippen molar-refractivity contribution in [3.8, 4) is 17.2 Å². The minimum atomic E-state index is -0.563. The molecule has 1 aromatic heterocycles. The molecule has 2 aromatic rings. The number of hydrogen-bond donors (Lipinski definition) is 0. The monoisotopic (exact) mass is 216 g/mol. The highest BCUT2D eigenvalue weighted by atomic mass is 19.1. The van der Waals surface area contributed by atoms with Gasteiger partial charge in [-0.05, 0) is 18.2 Å². The van der Waals surface area contributed by atoms with Crippen molar-refractivity contribution in [2.24, 2.45) is 0 Å². The van der Waals surface area contributed by atoms with Crippen LogP contribution in [0, 0.1) is 23.0 Å². The molecule has 2 rings (SSSR count). The number of benzene rings is 1. The summed E-state index contributed by atoms with van der Waals surface area (Å²) in [5.41, 5.74) is 0.804. The van der Waals surface area contributed by atoms with Crippen molar-refractivity contribution in [2.75, 3.05) is 0 Å². The first-order valence-electron chi connectivity index (χ1n) is 4.51. The summed E-state index contributed by atoms with van der Waals surface area (Å²) >= 11 is 0. The molecule has 0 unspecified atom stereocenters. The molecule has 0 amide bonds. The van der Waals surface area contributed by atoms with Gasteiger partial charge in [-0.2, -0.15) is 5.26 Å². The molecule has 0 atom stereocenters. The fourth-order valence-corrected chi connectivity index (χ4v) is 1.38. The van der Waals surface area contributed by atoms with E-state index < -0.39 is 11.6 Å². The zero-order chi connectivity index (χ0) is 11.5. The maximum atomic E-state index is 13.6. The molecular formula is C12H6F2N2. The standard InChI is InChI=1S/C12H6F2N2/c13-10-4-9(6-16-7-10)11-2-1-8(5-15)3-12(11)14/h1-4,6-7H. The maximum absolute atomic E-state index is 13.6. The van der Waals surface area contributed by atoms with Crippen molar-refractivity contribution in [1.82, 2.24) is 4.98 Å². The molecule has 0 aliphatic carbocycles. The third kappa shape index (κ3) is 1.89. The predicted octanol–water partition coefficient (Wildman–Crippen LogP) is 2.90. The Morgan fingerprint density at radius 3 is 2.56 bits per heavy atom. The quantitative estimate of drug-likeness (QED) is 0.734. The van der Waals surface area contributed by atoms with Gasteiger partial charge in [-0.3, -0.25) is 4.98 Å². The minimum Gasteiger partial charge on any atom is -0.261 e. The van der Waals surface area contributed by atoms with Crippen molar-refractivity contribution in [1.29, 1.82) is 5.26 Å². The van der Waals surface area contributed by atoms with E-state index in [0.717, 1.165) is 12.3 Å². The Morgan fingerprint density at radius 2 is 1.94 bits per heavy atom. The fourth-order valence-electron chi connectivity index (χ4n) is 1.38. The summed E-state index contributed by atoms with van der Waals surface area (Å²) in [6.45, 7) is 0. The van der Waals surface area contributed by atoms with Crippen LogP contribution < -0.4 is 0 Å². The van der Waals surface area contributed by atoms with E-state index in [1.807, 2.05) is 6.07 Å². The summed E-state index contributed by atoms with van der Waals surface area (Å²) < 4.78 is 26.4. The summed E-state index contributed by atoms with van der Waals surface area (Å²) in [4.78, 5) is 3.64. The second-order valence-corrected chi connectivity index (χ2v) is 3.20. The number of pyridine rings is 1. The fraction of sp³-hybridized carbons (Fsp3) is 0. The van der Waals surface area contributed by atoms with Crippen molar-refractivity contribution in [3.05, 3.63) is 53.9 Å². The summed E-state index contributed by atoms with van der Waals surface area (Å²) in [6.07, 6.45) is 2.42. The number of hydrogen-bond acceptors (Lipinski definition) is 2. The lowest BCUT2D eigenvalue weighted by Crippen LogP contribution is -1.88. The molecule has 4 heteroatoms. The van der Waals surface area contributed by atoms with E-state index in [1.165, 1.54) is 24.4 Å². The van der Waals surface area contributed by atoms with Crippen LogP contribution in [0.3, 0.4) is 0 Å². The van der Waals surface area contributed by atoms with Gasteiger partial charge in [0, 0.05) is 17.3 Å². The highest BCUT2D eigenvalue weighted by molar-refractivity contribution is 5.64. The third-order valence-electron chi connectivity index (χ3n) is 2.11. The summed E-state index contributed by atoms with van der Waals surface area (Å²) in [7, 11) is 0. The van der Waals surface area contributed by atoms with Gasteiger partial charge in [-0.15, -0.1) is 0 Å². The van der Waals surface area contributed by atoms with Gasteiger partial charge < -0.3 is 0 Å². The minimum absolute atomic E-state index is 0.227. The second-order valence-electron chi connectivity index (χ2n) is 3.20. The summed E-state index contributed by atoms with van der Waals surface area (Å²) in [6, 6.07) is 7.04. The molecule has 78 valence electrons. The Labute approximate surface area is 90.8 Å². The van der Waals surface area contributed by atoms with Gasteiger partial charge >= 0.3 is 0 Å². The molecule has 0 radical (unpaired) electrons. The van der Waals surface area contributed by atoms with Gasteiger partial charge in [0.15, 0.2) is 0 Å². The normalized spacial score (nSPS) is 9.81. The lowest BCUT2D eigenvalue weighted by atomic mass is 10.1. The molecule has 0 N–H and O–H groups in total. The van der Waals surface area contributed by atoms with Crippen LogP contribution in [-0.4, -0.2) is 4.98 Å². The van der Waals surface area contributed by atoms with E-state index in [0.29, 0.717) is 5.56 Å². The number of nitrogens with zero attached hydrogens (tertiary/aromatic N) is 2. The third-order valence-corrected chi connectivity index (χ3v) is 2.11. The molecule has 0 saturated carbocycles. The van der Waals surface area contributed by atoms with Gasteiger partial charge in [0.05, 0.1) is 17.8 Å². The van der Waals surface area contributed by atoms with Crippen LogP contribution in [0.15, 0.2) is 36.7 Å². The second kappa shape index (κ2) is 4.07. The lowest BCUT2D eigenvalue weighted by Gasteiger charge is -2.02. The molecule has 0 fully saturated rings. The SMILES string of the molecule is N#Cc1ccc(-c2cncc(F)c2)c(F)c1. The Bertz CT molecular complexity index is 573. The zero-order valence-corrected chi connectivity index (χ0v) is 8.11. The van der Waals surface area contributed by atoms with Crippen LogP contribution in [-0.2, 0) is 0 Å². The Balaban J connectivity index is 2.53. The Hall–Kier alpha value is -2.28. The van der Waals surface area contributed by atoms with Crippen LogP contribution in [0.5, 0.6) is 0 Å². The number of aromatic nitrogens is 1. The number of rotatable bonds is 1.